The number of esters is 1. The van der Waals surface area contributed by atoms with Crippen molar-refractivity contribution in [2.45, 2.75) is 6.92 Å². The van der Waals surface area contributed by atoms with Gasteiger partial charge in [0.15, 0.2) is 0 Å². The highest BCUT2D eigenvalue weighted by molar-refractivity contribution is 5.72. The third-order valence-electron chi connectivity index (χ3n) is 1.20. The lowest BCUT2D eigenvalue weighted by atomic mass is 10.5. The highest BCUT2D eigenvalue weighted by Gasteiger charge is 1.98. The van der Waals surface area contributed by atoms with Gasteiger partial charge in [0.05, 0.1) is 5.70 Å². The third kappa shape index (κ3) is 3.01. The number of aliphatic imine (C=N–C) groups is 1. The molecule has 1 N–H and O–H groups in total. The summed E-state index contributed by atoms with van der Waals surface area (Å²) in [5.41, 5.74) is 0.759. The van der Waals surface area contributed by atoms with Crippen LogP contribution in [0.15, 0.2) is 29.2 Å². The molecule has 4 heteroatoms. The summed E-state index contributed by atoms with van der Waals surface area (Å²) in [6.45, 7) is 1.60. The van der Waals surface area contributed by atoms with E-state index in [1.807, 2.05) is 0 Å². The Kier molecular flexibility index (Phi) is 3.07. The van der Waals surface area contributed by atoms with E-state index in [0.29, 0.717) is 0 Å². The van der Waals surface area contributed by atoms with E-state index in [2.05, 4.69) is 10.3 Å². The predicted octanol–water partition coefficient (Wildman–Crippen LogP) is 0.579. The molecule has 0 radical (unpaired) electrons. The Balaban J connectivity index is 2.41. The van der Waals surface area contributed by atoms with Gasteiger partial charge in [0.1, 0.15) is 6.61 Å². The number of nitrogens with one attached hydrogen (secondary N) is 1. The molecular weight excluding hydrogens is 156 g/mol. The molecule has 0 spiro atoms. The fourth-order valence-electron chi connectivity index (χ4n) is 0.676. The van der Waals surface area contributed by atoms with Crippen LogP contribution >= 0.6 is 0 Å². The summed E-state index contributed by atoms with van der Waals surface area (Å²) >= 11 is 0. The Morgan fingerprint density at radius 1 is 1.75 bits per heavy atom. The standard InChI is InChI=1S/C8H10N2O2/c1-7(11)12-6-8-5-9-3-2-4-10-8/h2-5,10H,6H2,1H3. The van der Waals surface area contributed by atoms with Gasteiger partial charge in [0, 0.05) is 25.5 Å². The molecule has 1 aliphatic rings. The minimum absolute atomic E-state index is 0.233. The number of rotatable bonds is 2. The minimum atomic E-state index is -0.296. The molecule has 0 atom stereocenters. The molecule has 0 bridgehead atoms. The van der Waals surface area contributed by atoms with Crippen LogP contribution in [-0.2, 0) is 9.53 Å². The van der Waals surface area contributed by atoms with Crippen molar-refractivity contribution in [3.63, 3.8) is 0 Å². The van der Waals surface area contributed by atoms with E-state index in [1.54, 1.807) is 24.7 Å². The van der Waals surface area contributed by atoms with Crippen LogP contribution in [0, 0.1) is 0 Å². The summed E-state index contributed by atoms with van der Waals surface area (Å²) in [6.07, 6.45) is 6.75. The zero-order valence-corrected chi connectivity index (χ0v) is 6.78. The van der Waals surface area contributed by atoms with Crippen LogP contribution in [-0.4, -0.2) is 18.8 Å². The summed E-state index contributed by atoms with van der Waals surface area (Å²) in [6, 6.07) is 0. The van der Waals surface area contributed by atoms with Crippen molar-refractivity contribution in [2.75, 3.05) is 6.61 Å². The molecule has 1 rings (SSSR count). The average molecular weight is 166 g/mol. The second kappa shape index (κ2) is 4.33. The summed E-state index contributed by atoms with van der Waals surface area (Å²) in [7, 11) is 0. The third-order valence-corrected chi connectivity index (χ3v) is 1.20. The smallest absolute Gasteiger partial charge is 0.303 e. The van der Waals surface area contributed by atoms with Crippen molar-refractivity contribution in [1.82, 2.24) is 5.32 Å². The lowest BCUT2D eigenvalue weighted by Gasteiger charge is -2.04. The van der Waals surface area contributed by atoms with Crippen molar-refractivity contribution in [3.05, 3.63) is 24.2 Å². The zero-order chi connectivity index (χ0) is 8.81. The van der Waals surface area contributed by atoms with E-state index in [-0.39, 0.29) is 12.6 Å². The number of nitrogens with zero attached hydrogens (tertiary/aromatic N) is 1. The van der Waals surface area contributed by atoms with Crippen LogP contribution in [0.2, 0.25) is 0 Å². The molecule has 0 unspecified atom stereocenters. The SMILES string of the molecule is CC(=O)OCC1=CN=CC=CN1. The Morgan fingerprint density at radius 3 is 3.33 bits per heavy atom. The Morgan fingerprint density at radius 2 is 2.58 bits per heavy atom. The Labute approximate surface area is 70.6 Å². The highest BCUT2D eigenvalue weighted by atomic mass is 16.5. The molecule has 0 aromatic heterocycles. The monoisotopic (exact) mass is 166 g/mol. The molecule has 0 aromatic carbocycles. The molecule has 64 valence electrons. The topological polar surface area (TPSA) is 50.7 Å². The number of ether oxygens (including phenoxy) is 1. The van der Waals surface area contributed by atoms with E-state index >= 15 is 0 Å². The van der Waals surface area contributed by atoms with Crippen molar-refractivity contribution in [1.29, 1.82) is 0 Å². The second-order valence-electron chi connectivity index (χ2n) is 2.24. The van der Waals surface area contributed by atoms with Gasteiger partial charge in [0.25, 0.3) is 0 Å². The first-order chi connectivity index (χ1) is 5.79. The van der Waals surface area contributed by atoms with E-state index in [0.717, 1.165) is 5.70 Å². The summed E-state index contributed by atoms with van der Waals surface area (Å²) in [4.78, 5) is 14.3. The van der Waals surface area contributed by atoms with E-state index in [9.17, 15) is 4.79 Å². The van der Waals surface area contributed by atoms with Gasteiger partial charge in [-0.2, -0.15) is 0 Å². The maximum atomic E-state index is 10.4. The molecule has 0 saturated carbocycles. The molecule has 1 aliphatic heterocycles. The minimum Gasteiger partial charge on any atom is -0.459 e. The molecular formula is C8H10N2O2. The van der Waals surface area contributed by atoms with Crippen molar-refractivity contribution < 1.29 is 9.53 Å². The van der Waals surface area contributed by atoms with Crippen LogP contribution in [0.4, 0.5) is 0 Å². The summed E-state index contributed by atoms with van der Waals surface area (Å²) in [5, 5.41) is 2.92. The number of allylic oxidation sites excluding steroid dienone is 1. The van der Waals surface area contributed by atoms with Crippen molar-refractivity contribution in [2.24, 2.45) is 4.99 Å². The number of carbonyl (C=O) groups excluding carboxylic acids is 1. The lowest BCUT2D eigenvalue weighted by Crippen LogP contribution is -2.12. The van der Waals surface area contributed by atoms with E-state index < -0.39 is 0 Å². The molecule has 0 fully saturated rings. The van der Waals surface area contributed by atoms with Gasteiger partial charge in [-0.25, -0.2) is 0 Å². The molecule has 0 amide bonds. The highest BCUT2D eigenvalue weighted by Crippen LogP contribution is 1.94. The fourth-order valence-corrected chi connectivity index (χ4v) is 0.676. The van der Waals surface area contributed by atoms with Crippen molar-refractivity contribution in [3.8, 4) is 0 Å². The van der Waals surface area contributed by atoms with Crippen LogP contribution in [0.3, 0.4) is 0 Å². The maximum absolute atomic E-state index is 10.4. The van der Waals surface area contributed by atoms with E-state index in [1.165, 1.54) is 6.92 Å². The van der Waals surface area contributed by atoms with Crippen LogP contribution < -0.4 is 5.32 Å². The van der Waals surface area contributed by atoms with Gasteiger partial charge >= 0.3 is 5.97 Å². The molecule has 0 saturated heterocycles. The quantitative estimate of drug-likeness (QED) is 0.610. The van der Waals surface area contributed by atoms with Crippen LogP contribution in [0.25, 0.3) is 0 Å². The summed E-state index contributed by atoms with van der Waals surface area (Å²) in [5.74, 6) is -0.296. The first-order valence-corrected chi connectivity index (χ1v) is 3.56. The molecule has 4 nitrogen and oxygen atoms in total. The van der Waals surface area contributed by atoms with Gasteiger partial charge in [-0.3, -0.25) is 9.79 Å². The molecule has 12 heavy (non-hydrogen) atoms. The Bertz CT molecular complexity index is 254. The first kappa shape index (κ1) is 8.52. The fraction of sp³-hybridized carbons (Fsp3) is 0.250. The lowest BCUT2D eigenvalue weighted by molar-refractivity contribution is -0.140. The van der Waals surface area contributed by atoms with Gasteiger partial charge in [0.2, 0.25) is 0 Å². The molecule has 1 heterocycles. The average Bonchev–Trinajstić information content (AvgIpc) is 2.28. The van der Waals surface area contributed by atoms with Gasteiger partial charge in [-0.15, -0.1) is 0 Å². The number of hydrogen-bond donors (Lipinski definition) is 1. The van der Waals surface area contributed by atoms with Gasteiger partial charge in [-0.05, 0) is 6.08 Å². The van der Waals surface area contributed by atoms with Gasteiger partial charge < -0.3 is 10.1 Å². The molecule has 0 aromatic rings. The zero-order valence-electron chi connectivity index (χ0n) is 6.78. The van der Waals surface area contributed by atoms with Crippen LogP contribution in [0.5, 0.6) is 0 Å². The summed E-state index contributed by atoms with van der Waals surface area (Å²) < 4.78 is 4.76. The van der Waals surface area contributed by atoms with E-state index in [4.69, 9.17) is 4.74 Å². The largest absolute Gasteiger partial charge is 0.459 e. The Hall–Kier alpha value is -1.58. The second-order valence-corrected chi connectivity index (χ2v) is 2.24. The van der Waals surface area contributed by atoms with Gasteiger partial charge in [-0.1, -0.05) is 0 Å². The number of hydrogen-bond acceptors (Lipinski definition) is 4. The molecule has 0 aliphatic carbocycles. The van der Waals surface area contributed by atoms with Crippen molar-refractivity contribution >= 4 is 12.2 Å². The van der Waals surface area contributed by atoms with Crippen LogP contribution in [0.1, 0.15) is 6.92 Å². The number of carbonyl (C=O) groups is 1. The normalized spacial score (nSPS) is 14.6. The first-order valence-electron chi connectivity index (χ1n) is 3.56. The predicted molar refractivity (Wildman–Crippen MR) is 45.5 cm³/mol. The maximum Gasteiger partial charge on any atom is 0.303 e.